The molecule has 1 fully saturated rings. The molecule has 4 nitrogen and oxygen atoms in total. The van der Waals surface area contributed by atoms with E-state index in [-0.39, 0.29) is 29.6 Å². The highest BCUT2D eigenvalue weighted by Gasteiger charge is 2.20. The summed E-state index contributed by atoms with van der Waals surface area (Å²) in [6, 6.07) is 2.58. The van der Waals surface area contributed by atoms with Crippen molar-refractivity contribution >= 4 is 5.78 Å². The van der Waals surface area contributed by atoms with Crippen LogP contribution in [0.2, 0.25) is 0 Å². The maximum Gasteiger partial charge on any atom is 0.166 e. The Bertz CT molecular complexity index is 495. The molecule has 2 rings (SSSR count). The molecule has 1 saturated heterocycles. The van der Waals surface area contributed by atoms with E-state index < -0.39 is 5.82 Å². The largest absolute Gasteiger partial charge is 0.493 e. The molecule has 0 aliphatic carbocycles. The summed E-state index contributed by atoms with van der Waals surface area (Å²) in [7, 11) is 2.89. The Kier molecular flexibility index (Phi) is 5.56. The first-order valence-electron chi connectivity index (χ1n) is 7.22. The van der Waals surface area contributed by atoms with Gasteiger partial charge in [-0.05, 0) is 31.7 Å². The number of methoxy groups -OCH3 is 2. The van der Waals surface area contributed by atoms with E-state index in [1.807, 2.05) is 0 Å². The lowest BCUT2D eigenvalue weighted by molar-refractivity contribution is 0.0104. The molecule has 0 bridgehead atoms. The molecule has 1 aromatic rings. The second kappa shape index (κ2) is 7.41. The first kappa shape index (κ1) is 15.8. The van der Waals surface area contributed by atoms with E-state index in [1.54, 1.807) is 0 Å². The summed E-state index contributed by atoms with van der Waals surface area (Å²) in [4.78, 5) is 12.2. The topological polar surface area (TPSA) is 44.8 Å². The average Bonchev–Trinajstić information content (AvgIpc) is 2.53. The summed E-state index contributed by atoms with van der Waals surface area (Å²) in [5, 5.41) is 0. The van der Waals surface area contributed by atoms with Gasteiger partial charge in [-0.2, -0.15) is 0 Å². The Morgan fingerprint density at radius 3 is 2.62 bits per heavy atom. The summed E-state index contributed by atoms with van der Waals surface area (Å²) in [5.41, 5.74) is 0.0449. The normalized spacial score (nSPS) is 18.3. The number of rotatable bonds is 6. The highest BCUT2D eigenvalue weighted by atomic mass is 19.1. The van der Waals surface area contributed by atoms with Crippen molar-refractivity contribution in [3.63, 3.8) is 0 Å². The predicted molar refractivity (Wildman–Crippen MR) is 76.7 cm³/mol. The van der Waals surface area contributed by atoms with Crippen LogP contribution in [-0.4, -0.2) is 32.7 Å². The third-order valence-electron chi connectivity index (χ3n) is 3.74. The molecule has 1 aliphatic rings. The number of hydrogen-bond donors (Lipinski definition) is 0. The fourth-order valence-electron chi connectivity index (χ4n) is 2.53. The van der Waals surface area contributed by atoms with Crippen LogP contribution in [0.4, 0.5) is 4.39 Å². The first-order valence-corrected chi connectivity index (χ1v) is 7.22. The summed E-state index contributed by atoms with van der Waals surface area (Å²) < 4.78 is 29.7. The number of ketones is 1. The molecule has 5 heteroatoms. The second-order valence-electron chi connectivity index (χ2n) is 5.14. The van der Waals surface area contributed by atoms with Crippen LogP contribution >= 0.6 is 0 Å². The molecule has 1 heterocycles. The summed E-state index contributed by atoms with van der Waals surface area (Å²) in [6.07, 6.45) is 4.20. The number of halogens is 1. The summed E-state index contributed by atoms with van der Waals surface area (Å²) in [5.74, 6) is -0.178. The lowest BCUT2D eigenvalue weighted by atomic mass is 9.99. The quantitative estimate of drug-likeness (QED) is 0.755. The Morgan fingerprint density at radius 2 is 2.00 bits per heavy atom. The second-order valence-corrected chi connectivity index (χ2v) is 5.14. The lowest BCUT2D eigenvalue weighted by Gasteiger charge is -2.22. The van der Waals surface area contributed by atoms with Gasteiger partial charge >= 0.3 is 0 Å². The van der Waals surface area contributed by atoms with Crippen molar-refractivity contribution in [1.29, 1.82) is 0 Å². The Morgan fingerprint density at radius 1 is 1.29 bits per heavy atom. The molecule has 0 spiro atoms. The van der Waals surface area contributed by atoms with Crippen LogP contribution in [0.5, 0.6) is 11.5 Å². The van der Waals surface area contributed by atoms with Gasteiger partial charge in [-0.25, -0.2) is 4.39 Å². The van der Waals surface area contributed by atoms with Gasteiger partial charge < -0.3 is 14.2 Å². The van der Waals surface area contributed by atoms with Crippen LogP contribution in [0, 0.1) is 5.82 Å². The molecule has 1 atom stereocenters. The van der Waals surface area contributed by atoms with Gasteiger partial charge in [0.1, 0.15) is 5.82 Å². The third kappa shape index (κ3) is 3.94. The minimum atomic E-state index is -0.581. The van der Waals surface area contributed by atoms with Crippen LogP contribution in [0.1, 0.15) is 42.5 Å². The van der Waals surface area contributed by atoms with Crippen LogP contribution in [0.15, 0.2) is 12.1 Å². The Hall–Kier alpha value is -1.62. The summed E-state index contributed by atoms with van der Waals surface area (Å²) >= 11 is 0. The van der Waals surface area contributed by atoms with Crippen molar-refractivity contribution in [2.45, 2.75) is 38.2 Å². The van der Waals surface area contributed by atoms with Gasteiger partial charge in [0.2, 0.25) is 0 Å². The fourth-order valence-corrected chi connectivity index (χ4v) is 2.53. The number of carbonyl (C=O) groups excluding carboxylic acids is 1. The molecular formula is C16H21FO4. The fraction of sp³-hybridized carbons (Fsp3) is 0.562. The Balaban J connectivity index is 2.04. The zero-order valence-corrected chi connectivity index (χ0v) is 12.5. The van der Waals surface area contributed by atoms with Crippen molar-refractivity contribution in [1.82, 2.24) is 0 Å². The number of carbonyl (C=O) groups is 1. The number of Topliss-reactive ketones (excluding diaryl/α,β-unsaturated/α-hetero) is 1. The molecule has 0 amide bonds. The first-order chi connectivity index (χ1) is 10.2. The zero-order chi connectivity index (χ0) is 15.2. The van der Waals surface area contributed by atoms with E-state index >= 15 is 0 Å². The zero-order valence-electron chi connectivity index (χ0n) is 12.5. The molecule has 0 aromatic heterocycles. The smallest absolute Gasteiger partial charge is 0.166 e. The van der Waals surface area contributed by atoms with Crippen molar-refractivity contribution in [3.05, 3.63) is 23.5 Å². The highest BCUT2D eigenvalue weighted by Crippen LogP contribution is 2.30. The van der Waals surface area contributed by atoms with Crippen molar-refractivity contribution in [2.75, 3.05) is 20.8 Å². The van der Waals surface area contributed by atoms with E-state index in [0.29, 0.717) is 12.2 Å². The highest BCUT2D eigenvalue weighted by molar-refractivity contribution is 5.97. The predicted octanol–water partition coefficient (Wildman–Crippen LogP) is 3.37. The van der Waals surface area contributed by atoms with Gasteiger partial charge in [0, 0.05) is 19.1 Å². The van der Waals surface area contributed by atoms with E-state index in [1.165, 1.54) is 26.4 Å². The van der Waals surface area contributed by atoms with Gasteiger partial charge in [-0.15, -0.1) is 0 Å². The van der Waals surface area contributed by atoms with Crippen LogP contribution < -0.4 is 9.47 Å². The van der Waals surface area contributed by atoms with E-state index in [4.69, 9.17) is 14.2 Å². The number of ether oxygens (including phenoxy) is 3. The molecular weight excluding hydrogens is 275 g/mol. The summed E-state index contributed by atoms with van der Waals surface area (Å²) in [6.45, 7) is 0.754. The molecule has 1 aromatic carbocycles. The molecule has 0 saturated carbocycles. The average molecular weight is 296 g/mol. The van der Waals surface area contributed by atoms with Crippen molar-refractivity contribution in [3.8, 4) is 11.5 Å². The molecule has 1 aliphatic heterocycles. The van der Waals surface area contributed by atoms with Gasteiger partial charge in [0.15, 0.2) is 17.3 Å². The van der Waals surface area contributed by atoms with Crippen LogP contribution in [0.25, 0.3) is 0 Å². The minimum absolute atomic E-state index is 0.0449. The third-order valence-corrected chi connectivity index (χ3v) is 3.74. The van der Waals surface area contributed by atoms with Crippen LogP contribution in [-0.2, 0) is 4.74 Å². The SMILES string of the molecule is COc1cc(F)c(C(=O)CCC2CCCCO2)cc1OC. The van der Waals surface area contributed by atoms with Crippen LogP contribution in [0.3, 0.4) is 0 Å². The monoisotopic (exact) mass is 296 g/mol. The molecule has 1 unspecified atom stereocenters. The maximum absolute atomic E-state index is 14.0. The van der Waals surface area contributed by atoms with E-state index in [0.717, 1.165) is 25.9 Å². The molecule has 116 valence electrons. The van der Waals surface area contributed by atoms with Gasteiger partial charge in [0.05, 0.1) is 25.9 Å². The lowest BCUT2D eigenvalue weighted by Crippen LogP contribution is -2.20. The van der Waals surface area contributed by atoms with Gasteiger partial charge in [-0.1, -0.05) is 0 Å². The maximum atomic E-state index is 14.0. The Labute approximate surface area is 124 Å². The standard InChI is InChI=1S/C16H21FO4/c1-19-15-9-12(13(17)10-16(15)20-2)14(18)7-6-11-5-3-4-8-21-11/h9-11H,3-8H2,1-2H3. The van der Waals surface area contributed by atoms with Crippen molar-refractivity contribution in [2.24, 2.45) is 0 Å². The molecule has 0 radical (unpaired) electrons. The molecule has 0 N–H and O–H groups in total. The molecule has 21 heavy (non-hydrogen) atoms. The number of hydrogen-bond acceptors (Lipinski definition) is 4. The van der Waals surface area contributed by atoms with E-state index in [9.17, 15) is 9.18 Å². The number of benzene rings is 1. The van der Waals surface area contributed by atoms with Crippen molar-refractivity contribution < 1.29 is 23.4 Å². The minimum Gasteiger partial charge on any atom is -0.493 e. The van der Waals surface area contributed by atoms with Gasteiger partial charge in [0.25, 0.3) is 0 Å². The van der Waals surface area contributed by atoms with E-state index in [2.05, 4.69) is 0 Å². The van der Waals surface area contributed by atoms with Gasteiger partial charge in [-0.3, -0.25) is 4.79 Å².